The summed E-state index contributed by atoms with van der Waals surface area (Å²) in [6.07, 6.45) is 1.52. The van der Waals surface area contributed by atoms with Crippen molar-refractivity contribution < 1.29 is 18.7 Å². The van der Waals surface area contributed by atoms with E-state index in [9.17, 15) is 9.18 Å². The number of alkyl carbamates (subject to hydrolysis) is 1. The number of nitrogens with zero attached hydrogens (tertiary/aromatic N) is 1. The molecule has 156 valence electrons. The van der Waals surface area contributed by atoms with Crippen molar-refractivity contribution in [3.05, 3.63) is 30.1 Å². The van der Waals surface area contributed by atoms with Crippen LogP contribution in [0.3, 0.4) is 0 Å². The number of rotatable bonds is 10. The quantitative estimate of drug-likeness (QED) is 0.420. The number of hydrogen-bond donors (Lipinski definition) is 3. The largest absolute Gasteiger partial charge is 0.486 e. The van der Waals surface area contributed by atoms with E-state index in [0.717, 1.165) is 12.8 Å². The van der Waals surface area contributed by atoms with E-state index < -0.39 is 6.09 Å². The molecule has 1 fully saturated rings. The summed E-state index contributed by atoms with van der Waals surface area (Å²) in [5.74, 6) is 0.917. The Hall–Kier alpha value is -2.51. The van der Waals surface area contributed by atoms with Gasteiger partial charge in [0.05, 0.1) is 25.7 Å². The fourth-order valence-corrected chi connectivity index (χ4v) is 2.71. The summed E-state index contributed by atoms with van der Waals surface area (Å²) in [6.45, 7) is 7.58. The summed E-state index contributed by atoms with van der Waals surface area (Å²) >= 11 is 0. The number of guanidine groups is 1. The molecule has 8 heteroatoms. The highest BCUT2D eigenvalue weighted by Gasteiger charge is 2.32. The molecule has 2 atom stereocenters. The number of ether oxygens (including phenoxy) is 2. The van der Waals surface area contributed by atoms with E-state index in [1.807, 2.05) is 13.8 Å². The molecule has 0 saturated heterocycles. The molecular formula is C20H31FN4O3. The van der Waals surface area contributed by atoms with Gasteiger partial charge in [-0.2, -0.15) is 0 Å². The van der Waals surface area contributed by atoms with Crippen molar-refractivity contribution >= 4 is 12.1 Å². The summed E-state index contributed by atoms with van der Waals surface area (Å²) < 4.78 is 24.3. The first-order valence-electron chi connectivity index (χ1n) is 9.90. The molecule has 1 amide bonds. The van der Waals surface area contributed by atoms with Gasteiger partial charge >= 0.3 is 6.09 Å². The first kappa shape index (κ1) is 21.8. The maximum absolute atomic E-state index is 13.7. The number of hydrogen-bond acceptors (Lipinski definition) is 4. The third-order valence-corrected chi connectivity index (χ3v) is 4.28. The van der Waals surface area contributed by atoms with Gasteiger partial charge in [-0.05, 0) is 51.7 Å². The first-order valence-corrected chi connectivity index (χ1v) is 9.90. The SMILES string of the molecule is CCNC(=NCC(NC(=O)OCC)C1CC1)NCC(C)Oc1ccccc1F. The van der Waals surface area contributed by atoms with Crippen molar-refractivity contribution in [3.63, 3.8) is 0 Å². The van der Waals surface area contributed by atoms with Crippen LogP contribution in [-0.4, -0.2) is 50.4 Å². The predicted molar refractivity (Wildman–Crippen MR) is 107 cm³/mol. The summed E-state index contributed by atoms with van der Waals surface area (Å²) in [4.78, 5) is 16.3. The highest BCUT2D eigenvalue weighted by Crippen LogP contribution is 2.32. The lowest BCUT2D eigenvalue weighted by atomic mass is 10.2. The van der Waals surface area contributed by atoms with Crippen LogP contribution in [0.15, 0.2) is 29.3 Å². The molecule has 2 rings (SSSR count). The van der Waals surface area contributed by atoms with Crippen LogP contribution in [0.25, 0.3) is 0 Å². The van der Waals surface area contributed by atoms with Gasteiger partial charge in [-0.25, -0.2) is 9.18 Å². The van der Waals surface area contributed by atoms with Crippen molar-refractivity contribution in [3.8, 4) is 5.75 Å². The number of aliphatic imine (C=N–C) groups is 1. The second kappa shape index (κ2) is 11.4. The Kier molecular flexibility index (Phi) is 8.84. The minimum absolute atomic E-state index is 0.0402. The van der Waals surface area contributed by atoms with Gasteiger partial charge in [0, 0.05) is 6.54 Å². The normalized spacial score (nSPS) is 16.1. The lowest BCUT2D eigenvalue weighted by Gasteiger charge is -2.19. The van der Waals surface area contributed by atoms with Gasteiger partial charge in [-0.15, -0.1) is 0 Å². The topological polar surface area (TPSA) is 84.0 Å². The van der Waals surface area contributed by atoms with E-state index in [4.69, 9.17) is 9.47 Å². The molecule has 0 heterocycles. The number of para-hydroxylation sites is 1. The van der Waals surface area contributed by atoms with Crippen molar-refractivity contribution in [2.75, 3.05) is 26.2 Å². The summed E-state index contributed by atoms with van der Waals surface area (Å²) in [5, 5.41) is 9.26. The zero-order valence-corrected chi connectivity index (χ0v) is 16.8. The highest BCUT2D eigenvalue weighted by atomic mass is 19.1. The summed E-state index contributed by atoms with van der Waals surface area (Å²) in [7, 11) is 0. The Bertz CT molecular complexity index is 652. The summed E-state index contributed by atoms with van der Waals surface area (Å²) in [5.41, 5.74) is 0. The van der Waals surface area contributed by atoms with Crippen LogP contribution in [0.4, 0.5) is 9.18 Å². The van der Waals surface area contributed by atoms with Crippen molar-refractivity contribution in [2.24, 2.45) is 10.9 Å². The second-order valence-electron chi connectivity index (χ2n) is 6.77. The minimum atomic E-state index is -0.403. The molecule has 1 aromatic rings. The molecule has 0 bridgehead atoms. The minimum Gasteiger partial charge on any atom is -0.486 e. The van der Waals surface area contributed by atoms with E-state index in [0.29, 0.717) is 38.1 Å². The molecule has 7 nitrogen and oxygen atoms in total. The van der Waals surface area contributed by atoms with E-state index in [1.54, 1.807) is 25.1 Å². The Labute approximate surface area is 166 Å². The van der Waals surface area contributed by atoms with Crippen molar-refractivity contribution in [1.82, 2.24) is 16.0 Å². The van der Waals surface area contributed by atoms with Gasteiger partial charge in [0.15, 0.2) is 17.5 Å². The van der Waals surface area contributed by atoms with Gasteiger partial charge in [0.25, 0.3) is 0 Å². The van der Waals surface area contributed by atoms with Crippen LogP contribution >= 0.6 is 0 Å². The van der Waals surface area contributed by atoms with Gasteiger partial charge in [-0.3, -0.25) is 4.99 Å². The number of amides is 1. The maximum atomic E-state index is 13.7. The maximum Gasteiger partial charge on any atom is 0.407 e. The van der Waals surface area contributed by atoms with Crippen molar-refractivity contribution in [2.45, 2.75) is 45.8 Å². The smallest absolute Gasteiger partial charge is 0.407 e. The molecule has 0 spiro atoms. The molecule has 0 aliphatic heterocycles. The van der Waals surface area contributed by atoms with Crippen LogP contribution in [0.2, 0.25) is 0 Å². The van der Waals surface area contributed by atoms with Crippen LogP contribution in [0, 0.1) is 11.7 Å². The average Bonchev–Trinajstić information content (AvgIpc) is 3.50. The molecule has 1 aliphatic carbocycles. The molecule has 28 heavy (non-hydrogen) atoms. The highest BCUT2D eigenvalue weighted by molar-refractivity contribution is 5.79. The van der Waals surface area contributed by atoms with E-state index >= 15 is 0 Å². The monoisotopic (exact) mass is 394 g/mol. The fourth-order valence-electron chi connectivity index (χ4n) is 2.71. The van der Waals surface area contributed by atoms with E-state index in [2.05, 4.69) is 20.9 Å². The zero-order chi connectivity index (χ0) is 20.4. The molecular weight excluding hydrogens is 363 g/mol. The van der Waals surface area contributed by atoms with E-state index in [1.165, 1.54) is 6.07 Å². The molecule has 1 aromatic carbocycles. The lowest BCUT2D eigenvalue weighted by molar-refractivity contribution is 0.147. The van der Waals surface area contributed by atoms with Crippen LogP contribution in [-0.2, 0) is 4.74 Å². The molecule has 0 aromatic heterocycles. The Morgan fingerprint density at radius 2 is 2.04 bits per heavy atom. The third-order valence-electron chi connectivity index (χ3n) is 4.28. The van der Waals surface area contributed by atoms with Crippen LogP contribution in [0.1, 0.15) is 33.6 Å². The van der Waals surface area contributed by atoms with Crippen molar-refractivity contribution in [1.29, 1.82) is 0 Å². The fraction of sp³-hybridized carbons (Fsp3) is 0.600. The number of halogens is 1. The Morgan fingerprint density at radius 3 is 2.68 bits per heavy atom. The number of benzene rings is 1. The number of carbonyl (C=O) groups excluding carboxylic acids is 1. The predicted octanol–water partition coefficient (Wildman–Crippen LogP) is 2.67. The first-order chi connectivity index (χ1) is 13.5. The number of carbonyl (C=O) groups is 1. The number of nitrogens with one attached hydrogen (secondary N) is 3. The lowest BCUT2D eigenvalue weighted by Crippen LogP contribution is -2.44. The van der Waals surface area contributed by atoms with Gasteiger partial charge in [0.1, 0.15) is 6.10 Å². The van der Waals surface area contributed by atoms with Crippen LogP contribution in [0.5, 0.6) is 5.75 Å². The molecule has 1 aliphatic rings. The molecule has 3 N–H and O–H groups in total. The van der Waals surface area contributed by atoms with Crippen LogP contribution < -0.4 is 20.7 Å². The van der Waals surface area contributed by atoms with Gasteiger partial charge in [-0.1, -0.05) is 12.1 Å². The van der Waals surface area contributed by atoms with E-state index in [-0.39, 0.29) is 23.7 Å². The molecule has 0 radical (unpaired) electrons. The second-order valence-corrected chi connectivity index (χ2v) is 6.77. The average molecular weight is 394 g/mol. The molecule has 1 saturated carbocycles. The summed E-state index contributed by atoms with van der Waals surface area (Å²) in [6, 6.07) is 6.30. The van der Waals surface area contributed by atoms with Gasteiger partial charge in [0.2, 0.25) is 0 Å². The standard InChI is InChI=1S/C20H31FN4O3/c1-4-22-19(23-12-14(3)28-18-9-7-6-8-16(18)21)24-13-17(15-10-11-15)25-20(26)27-5-2/h6-9,14-15,17H,4-5,10-13H2,1-3H3,(H,25,26)(H2,22,23,24). The zero-order valence-electron chi connectivity index (χ0n) is 16.8. The Morgan fingerprint density at radius 1 is 1.29 bits per heavy atom. The van der Waals surface area contributed by atoms with Gasteiger partial charge < -0.3 is 25.4 Å². The third kappa shape index (κ3) is 7.62. The Balaban J connectivity index is 1.86. The molecule has 2 unspecified atom stereocenters.